The number of carbonyl (C=O) groups excluding carboxylic acids is 1. The molecule has 1 aliphatic rings. The second-order valence-electron chi connectivity index (χ2n) is 10.7. The van der Waals surface area contributed by atoms with Gasteiger partial charge in [0.25, 0.3) is 0 Å². The first-order valence-electron chi connectivity index (χ1n) is 11.9. The van der Waals surface area contributed by atoms with Gasteiger partial charge in [-0.3, -0.25) is 4.79 Å². The molecule has 0 radical (unpaired) electrons. The molecule has 1 amide bonds. The first kappa shape index (κ1) is 26.8. The van der Waals surface area contributed by atoms with E-state index < -0.39 is 33.2 Å². The minimum atomic E-state index is -2.32. The van der Waals surface area contributed by atoms with Crippen LogP contribution in [0.25, 0.3) is 0 Å². The third-order valence-corrected chi connectivity index (χ3v) is 12.8. The maximum atomic E-state index is 13.2. The van der Waals surface area contributed by atoms with Gasteiger partial charge in [0, 0.05) is 12.7 Å². The molecule has 35 heavy (non-hydrogen) atoms. The summed E-state index contributed by atoms with van der Waals surface area (Å²) in [5.41, 5.74) is 1.79. The van der Waals surface area contributed by atoms with Crippen molar-refractivity contribution in [1.82, 2.24) is 9.55 Å². The highest BCUT2D eigenvalue weighted by Crippen LogP contribution is 2.45. The van der Waals surface area contributed by atoms with Crippen LogP contribution in [0.5, 0.6) is 5.75 Å². The quantitative estimate of drug-likeness (QED) is 0.403. The van der Waals surface area contributed by atoms with Crippen LogP contribution in [0.2, 0.25) is 25.0 Å². The molecule has 0 spiro atoms. The third-order valence-electron chi connectivity index (χ3n) is 7.43. The molecule has 2 N–H and O–H groups in total. The lowest BCUT2D eigenvalue weighted by molar-refractivity contribution is -0.163. The lowest BCUT2D eigenvalue weighted by atomic mass is 9.83. The first-order chi connectivity index (χ1) is 16.3. The molecule has 0 bridgehead atoms. The van der Waals surface area contributed by atoms with Crippen molar-refractivity contribution in [3.05, 3.63) is 53.7 Å². The Bertz CT molecular complexity index is 1070. The van der Waals surface area contributed by atoms with Gasteiger partial charge in [-0.15, -0.1) is 0 Å². The van der Waals surface area contributed by atoms with E-state index >= 15 is 0 Å². The van der Waals surface area contributed by atoms with Crippen molar-refractivity contribution >= 4 is 33.0 Å². The predicted octanol–water partition coefficient (Wildman–Crippen LogP) is 3.67. The Morgan fingerprint density at radius 3 is 2.34 bits per heavy atom. The number of ether oxygens (including phenoxy) is 1. The van der Waals surface area contributed by atoms with Crippen molar-refractivity contribution in [3.63, 3.8) is 0 Å². The van der Waals surface area contributed by atoms with Crippen LogP contribution in [0.4, 0.5) is 5.82 Å². The number of carboxylic acids is 1. The Morgan fingerprint density at radius 2 is 1.83 bits per heavy atom. The number of methoxy groups -OCH3 is 1. The maximum Gasteiger partial charge on any atom is 0.410 e. The lowest BCUT2D eigenvalue weighted by Crippen LogP contribution is -2.75. The van der Waals surface area contributed by atoms with Gasteiger partial charge >= 0.3 is 13.0 Å². The zero-order valence-electron chi connectivity index (χ0n) is 21.6. The smallest absolute Gasteiger partial charge is 0.410 e. The Hall–Kier alpha value is -2.85. The number of aliphatic carboxylic acids is 1. The summed E-state index contributed by atoms with van der Waals surface area (Å²) in [6.45, 7) is 12.4. The van der Waals surface area contributed by atoms with Gasteiger partial charge in [0.2, 0.25) is 5.91 Å². The van der Waals surface area contributed by atoms with E-state index in [0.29, 0.717) is 18.8 Å². The Morgan fingerprint density at radius 1 is 1.20 bits per heavy atom. The monoisotopic (exact) mass is 497 g/mol. The van der Waals surface area contributed by atoms with Gasteiger partial charge in [0.05, 0.1) is 13.0 Å². The van der Waals surface area contributed by atoms with Gasteiger partial charge in [-0.25, -0.2) is 9.78 Å². The number of hydrogen-bond acceptors (Lipinski definition) is 6. The summed E-state index contributed by atoms with van der Waals surface area (Å²) >= 11 is 0. The van der Waals surface area contributed by atoms with Crippen LogP contribution in [-0.2, 0) is 22.6 Å². The number of aromatic nitrogens is 1. The van der Waals surface area contributed by atoms with E-state index in [1.807, 2.05) is 30.3 Å². The number of hydrogen-bond donors (Lipinski definition) is 2. The van der Waals surface area contributed by atoms with Crippen LogP contribution in [0.15, 0.2) is 42.6 Å². The lowest BCUT2D eigenvalue weighted by Gasteiger charge is -2.56. The van der Waals surface area contributed by atoms with E-state index in [4.69, 9.17) is 4.74 Å². The van der Waals surface area contributed by atoms with E-state index in [1.54, 1.807) is 35.6 Å². The third kappa shape index (κ3) is 5.38. The van der Waals surface area contributed by atoms with Gasteiger partial charge in [-0.05, 0) is 53.7 Å². The van der Waals surface area contributed by atoms with Crippen LogP contribution in [0.1, 0.15) is 31.9 Å². The van der Waals surface area contributed by atoms with Crippen molar-refractivity contribution in [1.29, 1.82) is 0 Å². The zero-order valence-corrected chi connectivity index (χ0v) is 22.6. The maximum absolute atomic E-state index is 13.2. The molecule has 1 aliphatic heterocycles. The average Bonchev–Trinajstić information content (AvgIpc) is 2.78. The molecule has 1 saturated heterocycles. The van der Waals surface area contributed by atoms with E-state index in [9.17, 15) is 19.7 Å². The normalized spacial score (nSPS) is 18.2. The molecule has 2 heterocycles. The van der Waals surface area contributed by atoms with Crippen LogP contribution in [0, 0.1) is 5.92 Å². The van der Waals surface area contributed by atoms with E-state index in [1.165, 1.54) is 0 Å². The van der Waals surface area contributed by atoms with Gasteiger partial charge in [0.1, 0.15) is 17.6 Å². The van der Waals surface area contributed by atoms with E-state index in [0.717, 1.165) is 16.9 Å². The SMILES string of the molecule is COc1ccc(CN(B(C)O)c2cc(C[C@H]3C(=O)N([Si](C)(C)C(C)(C)C)[C@@H]3C(=O)O)ccn2)cc1. The van der Waals surface area contributed by atoms with Crippen LogP contribution in [-0.4, -0.2) is 60.0 Å². The molecule has 2 aromatic rings. The van der Waals surface area contributed by atoms with Crippen LogP contribution in [0.3, 0.4) is 0 Å². The number of pyridine rings is 1. The van der Waals surface area contributed by atoms with E-state index in [2.05, 4.69) is 38.8 Å². The molecule has 10 heteroatoms. The standard InChI is InChI=1S/C25H36BN3O5Si/c1-25(2,3)35(6,7)29-22(24(31)32)20(23(29)30)14-18-12-13-27-21(15-18)28(26(4)33)16-17-8-10-19(34-5)11-9-17/h8-13,15,20,22,33H,14,16H2,1-7H3,(H,31,32)/t20-,22+/m1/s1. The highest BCUT2D eigenvalue weighted by Gasteiger charge is 2.59. The van der Waals surface area contributed by atoms with Gasteiger partial charge < -0.3 is 24.2 Å². The molecule has 1 fully saturated rings. The van der Waals surface area contributed by atoms with Gasteiger partial charge in [-0.2, -0.15) is 0 Å². The van der Waals surface area contributed by atoms with Gasteiger partial charge in [-0.1, -0.05) is 46.0 Å². The number of carboxylic acid groups (broad SMARTS) is 1. The predicted molar refractivity (Wildman–Crippen MR) is 140 cm³/mol. The number of amides is 1. The molecule has 0 aliphatic carbocycles. The second-order valence-corrected chi connectivity index (χ2v) is 15.8. The number of carbonyl (C=O) groups is 2. The fourth-order valence-electron chi connectivity index (χ4n) is 4.35. The van der Waals surface area contributed by atoms with Crippen molar-refractivity contribution in [2.45, 2.75) is 64.7 Å². The molecular weight excluding hydrogens is 461 g/mol. The fraction of sp³-hybridized carbons (Fsp3) is 0.480. The van der Waals surface area contributed by atoms with Crippen molar-refractivity contribution in [3.8, 4) is 5.75 Å². The summed E-state index contributed by atoms with van der Waals surface area (Å²) in [6.07, 6.45) is 1.95. The van der Waals surface area contributed by atoms with Crippen LogP contribution >= 0.6 is 0 Å². The molecule has 2 atom stereocenters. The summed E-state index contributed by atoms with van der Waals surface area (Å²) in [7, 11) is -1.51. The number of rotatable bonds is 9. The molecule has 1 aromatic carbocycles. The molecule has 3 rings (SSSR count). The van der Waals surface area contributed by atoms with E-state index in [-0.39, 0.29) is 10.9 Å². The number of nitrogens with zero attached hydrogens (tertiary/aromatic N) is 3. The highest BCUT2D eigenvalue weighted by molar-refractivity contribution is 6.80. The van der Waals surface area contributed by atoms with Gasteiger partial charge in [0.15, 0.2) is 8.24 Å². The summed E-state index contributed by atoms with van der Waals surface area (Å²) in [5, 5.41) is 20.3. The number of anilines is 1. The summed E-state index contributed by atoms with van der Waals surface area (Å²) in [5.74, 6) is -0.346. The fourth-order valence-corrected chi connectivity index (χ4v) is 6.77. The molecule has 1 aromatic heterocycles. The average molecular weight is 497 g/mol. The number of benzene rings is 1. The molecule has 8 nitrogen and oxygen atoms in total. The Labute approximate surface area is 209 Å². The summed E-state index contributed by atoms with van der Waals surface area (Å²) < 4.78 is 6.87. The Kier molecular flexibility index (Phi) is 7.66. The second kappa shape index (κ2) is 10.0. The number of β-lactam (4-membered cyclic amide) rings is 1. The first-order valence-corrected chi connectivity index (χ1v) is 14.8. The summed E-state index contributed by atoms with van der Waals surface area (Å²) in [6, 6.07) is 10.4. The van der Waals surface area contributed by atoms with Crippen molar-refractivity contribution in [2.24, 2.45) is 5.92 Å². The van der Waals surface area contributed by atoms with Crippen molar-refractivity contribution in [2.75, 3.05) is 11.9 Å². The van der Waals surface area contributed by atoms with Crippen LogP contribution < -0.4 is 9.55 Å². The zero-order chi connectivity index (χ0) is 26.1. The highest BCUT2D eigenvalue weighted by atomic mass is 28.3. The minimum absolute atomic E-state index is 0.0898. The Balaban J connectivity index is 1.82. The molecule has 0 unspecified atom stereocenters. The molecule has 188 valence electrons. The largest absolute Gasteiger partial charge is 0.497 e. The minimum Gasteiger partial charge on any atom is -0.497 e. The van der Waals surface area contributed by atoms with Crippen molar-refractivity contribution < 1.29 is 24.5 Å². The molecular formula is C25H36BN3O5Si. The summed E-state index contributed by atoms with van der Waals surface area (Å²) in [4.78, 5) is 31.6. The topological polar surface area (TPSA) is 103 Å². The molecule has 0 saturated carbocycles.